The second kappa shape index (κ2) is 5.24. The van der Waals surface area contributed by atoms with E-state index in [4.69, 9.17) is 0 Å². The van der Waals surface area contributed by atoms with Crippen molar-refractivity contribution in [1.82, 2.24) is 20.2 Å². The predicted octanol–water partition coefficient (Wildman–Crippen LogP) is 2.27. The first-order valence-corrected chi connectivity index (χ1v) is 7.13. The molecule has 1 aromatic carbocycles. The number of benzene rings is 1. The second-order valence-corrected chi connectivity index (χ2v) is 5.74. The molecule has 9 heteroatoms. The summed E-state index contributed by atoms with van der Waals surface area (Å²) in [4.78, 5) is 22.4. The molecule has 1 aromatic heterocycles. The van der Waals surface area contributed by atoms with Gasteiger partial charge in [0.1, 0.15) is 0 Å². The minimum Gasteiger partial charge on any atom is -0.295 e. The van der Waals surface area contributed by atoms with Crippen LogP contribution in [0.1, 0.15) is 36.2 Å². The van der Waals surface area contributed by atoms with Gasteiger partial charge >= 0.3 is 0 Å². The molecule has 0 atom stereocenters. The van der Waals surface area contributed by atoms with E-state index in [0.29, 0.717) is 15.6 Å². The Hall–Kier alpha value is -2.29. The monoisotopic (exact) mass is 305 g/mol. The summed E-state index contributed by atoms with van der Waals surface area (Å²) >= 11 is 1.14. The highest BCUT2D eigenvalue weighted by Gasteiger charge is 2.29. The number of carbonyl (C=O) groups is 1. The fourth-order valence-corrected chi connectivity index (χ4v) is 2.79. The molecular formula is C12H11N5O3S. The predicted molar refractivity (Wildman–Crippen MR) is 73.3 cm³/mol. The molecule has 0 saturated heterocycles. The molecule has 0 spiro atoms. The largest absolute Gasteiger partial charge is 0.295 e. The van der Waals surface area contributed by atoms with Gasteiger partial charge in [-0.1, -0.05) is 0 Å². The molecule has 0 radical (unpaired) electrons. The van der Waals surface area contributed by atoms with Crippen LogP contribution >= 0.6 is 11.8 Å². The lowest BCUT2D eigenvalue weighted by Gasteiger charge is -2.04. The topological polar surface area (TPSA) is 104 Å². The number of ketones is 1. The van der Waals surface area contributed by atoms with Crippen molar-refractivity contribution in [3.8, 4) is 0 Å². The molecule has 0 amide bonds. The molecule has 108 valence electrons. The lowest BCUT2D eigenvalue weighted by Crippen LogP contribution is -2.00. The first kappa shape index (κ1) is 13.7. The van der Waals surface area contributed by atoms with Crippen molar-refractivity contribution in [3.63, 3.8) is 0 Å². The number of aromatic nitrogens is 4. The van der Waals surface area contributed by atoms with Crippen molar-refractivity contribution >= 4 is 23.2 Å². The SMILES string of the molecule is CC(=O)c1ccc(Sc2nnnn2C2CC2)c([N+](=O)[O-])c1. The van der Waals surface area contributed by atoms with Crippen LogP contribution < -0.4 is 0 Å². The Labute approximate surface area is 123 Å². The van der Waals surface area contributed by atoms with E-state index >= 15 is 0 Å². The fraction of sp³-hybridized carbons (Fsp3) is 0.333. The van der Waals surface area contributed by atoms with Crippen LogP contribution in [0.15, 0.2) is 28.3 Å². The van der Waals surface area contributed by atoms with E-state index in [1.807, 2.05) is 0 Å². The van der Waals surface area contributed by atoms with Crippen molar-refractivity contribution in [1.29, 1.82) is 0 Å². The molecule has 0 aliphatic heterocycles. The Balaban J connectivity index is 1.95. The van der Waals surface area contributed by atoms with Gasteiger partial charge in [-0.25, -0.2) is 4.68 Å². The van der Waals surface area contributed by atoms with E-state index in [0.717, 1.165) is 24.6 Å². The van der Waals surface area contributed by atoms with Gasteiger partial charge in [-0.2, -0.15) is 0 Å². The quantitative estimate of drug-likeness (QED) is 0.474. The van der Waals surface area contributed by atoms with E-state index in [1.54, 1.807) is 16.8 Å². The third-order valence-electron chi connectivity index (χ3n) is 3.12. The maximum Gasteiger partial charge on any atom is 0.284 e. The molecule has 8 nitrogen and oxygen atoms in total. The van der Waals surface area contributed by atoms with Crippen molar-refractivity contribution in [2.45, 2.75) is 35.9 Å². The van der Waals surface area contributed by atoms with Crippen LogP contribution in [-0.4, -0.2) is 30.9 Å². The minimum atomic E-state index is -0.500. The van der Waals surface area contributed by atoms with Crippen LogP contribution in [0, 0.1) is 10.1 Å². The number of tetrazole rings is 1. The maximum atomic E-state index is 11.3. The molecular weight excluding hydrogens is 294 g/mol. The standard InChI is InChI=1S/C12H11N5O3S/c1-7(18)8-2-5-11(10(6-8)17(19)20)21-12-13-14-15-16(12)9-3-4-9/h2,5-6,9H,3-4H2,1H3. The first-order valence-electron chi connectivity index (χ1n) is 6.31. The van der Waals surface area contributed by atoms with E-state index in [9.17, 15) is 14.9 Å². The third kappa shape index (κ3) is 2.77. The van der Waals surface area contributed by atoms with Crippen LogP contribution in [0.3, 0.4) is 0 Å². The maximum absolute atomic E-state index is 11.3. The number of Topliss-reactive ketones (excluding diaryl/α,β-unsaturated/α-hetero) is 1. The number of nitrogens with zero attached hydrogens (tertiary/aromatic N) is 5. The van der Waals surface area contributed by atoms with Crippen LogP contribution in [-0.2, 0) is 0 Å². The average Bonchev–Trinajstić information content (AvgIpc) is 3.19. The van der Waals surface area contributed by atoms with Gasteiger partial charge in [0.15, 0.2) is 5.78 Å². The Morgan fingerprint density at radius 1 is 1.48 bits per heavy atom. The molecule has 0 bridgehead atoms. The van der Waals surface area contributed by atoms with Gasteiger partial charge in [0.25, 0.3) is 5.69 Å². The molecule has 1 fully saturated rings. The van der Waals surface area contributed by atoms with Crippen molar-refractivity contribution < 1.29 is 9.72 Å². The van der Waals surface area contributed by atoms with Gasteiger partial charge in [-0.3, -0.25) is 14.9 Å². The van der Waals surface area contributed by atoms with Crippen LogP contribution in [0.4, 0.5) is 5.69 Å². The Kier molecular flexibility index (Phi) is 3.42. The van der Waals surface area contributed by atoms with Crippen molar-refractivity contribution in [2.75, 3.05) is 0 Å². The normalized spacial score (nSPS) is 14.1. The van der Waals surface area contributed by atoms with Gasteiger partial charge in [-0.05, 0) is 54.1 Å². The number of rotatable bonds is 5. The Morgan fingerprint density at radius 2 is 2.24 bits per heavy atom. The summed E-state index contributed by atoms with van der Waals surface area (Å²) in [5.74, 6) is -0.211. The second-order valence-electron chi connectivity index (χ2n) is 4.74. The number of carbonyl (C=O) groups excluding carboxylic acids is 1. The molecule has 3 rings (SSSR count). The first-order chi connectivity index (χ1) is 10.1. The highest BCUT2D eigenvalue weighted by atomic mass is 32.2. The molecule has 0 N–H and O–H groups in total. The number of hydrogen-bond donors (Lipinski definition) is 0. The fourth-order valence-electron chi connectivity index (χ4n) is 1.86. The van der Waals surface area contributed by atoms with Gasteiger partial charge in [0.2, 0.25) is 5.16 Å². The average molecular weight is 305 g/mol. The van der Waals surface area contributed by atoms with Crippen molar-refractivity contribution in [3.05, 3.63) is 33.9 Å². The highest BCUT2D eigenvalue weighted by molar-refractivity contribution is 7.99. The summed E-state index contributed by atoms with van der Waals surface area (Å²) in [5, 5.41) is 23.1. The summed E-state index contributed by atoms with van der Waals surface area (Å²) < 4.78 is 1.69. The molecule has 1 aliphatic carbocycles. The van der Waals surface area contributed by atoms with Crippen LogP contribution in [0.25, 0.3) is 0 Å². The summed E-state index contributed by atoms with van der Waals surface area (Å²) in [6, 6.07) is 4.71. The zero-order valence-electron chi connectivity index (χ0n) is 11.1. The van der Waals surface area contributed by atoms with Gasteiger partial charge in [-0.15, -0.1) is 5.10 Å². The summed E-state index contributed by atoms with van der Waals surface area (Å²) in [5.41, 5.74) is 0.200. The summed E-state index contributed by atoms with van der Waals surface area (Å²) in [7, 11) is 0. The van der Waals surface area contributed by atoms with Gasteiger partial charge in [0, 0.05) is 11.6 Å². The highest BCUT2D eigenvalue weighted by Crippen LogP contribution is 2.40. The van der Waals surface area contributed by atoms with Crippen LogP contribution in [0.5, 0.6) is 0 Å². The molecule has 1 heterocycles. The summed E-state index contributed by atoms with van der Waals surface area (Å²) in [6.07, 6.45) is 2.04. The van der Waals surface area contributed by atoms with Gasteiger partial charge in [0.05, 0.1) is 15.9 Å². The van der Waals surface area contributed by atoms with E-state index in [-0.39, 0.29) is 17.5 Å². The van der Waals surface area contributed by atoms with Crippen LogP contribution in [0.2, 0.25) is 0 Å². The smallest absolute Gasteiger partial charge is 0.284 e. The summed E-state index contributed by atoms with van der Waals surface area (Å²) in [6.45, 7) is 1.37. The molecule has 1 saturated carbocycles. The lowest BCUT2D eigenvalue weighted by atomic mass is 10.1. The van der Waals surface area contributed by atoms with Crippen molar-refractivity contribution in [2.24, 2.45) is 0 Å². The molecule has 2 aromatic rings. The Morgan fingerprint density at radius 3 is 2.86 bits per heavy atom. The zero-order chi connectivity index (χ0) is 15.0. The third-order valence-corrected chi connectivity index (χ3v) is 4.14. The molecule has 0 unspecified atom stereocenters. The van der Waals surface area contributed by atoms with Gasteiger partial charge < -0.3 is 0 Å². The minimum absolute atomic E-state index is 0.113. The molecule has 1 aliphatic rings. The zero-order valence-corrected chi connectivity index (χ0v) is 11.9. The lowest BCUT2D eigenvalue weighted by molar-refractivity contribution is -0.387. The Bertz CT molecular complexity index is 725. The van der Waals surface area contributed by atoms with E-state index in [1.165, 1.54) is 13.0 Å². The number of nitro groups is 1. The van der Waals surface area contributed by atoms with E-state index in [2.05, 4.69) is 15.5 Å². The number of hydrogen-bond acceptors (Lipinski definition) is 7. The number of nitro benzene ring substituents is 1. The molecule has 21 heavy (non-hydrogen) atoms. The van der Waals surface area contributed by atoms with E-state index < -0.39 is 4.92 Å².